The molecule has 1 heterocycles. The van der Waals surface area contributed by atoms with Crippen LogP contribution in [0.15, 0.2) is 12.4 Å². The van der Waals surface area contributed by atoms with E-state index >= 15 is 0 Å². The van der Waals surface area contributed by atoms with Gasteiger partial charge in [0.1, 0.15) is 6.17 Å². The van der Waals surface area contributed by atoms with Crippen LogP contribution in [0.4, 0.5) is 0 Å². The molecule has 2 heteroatoms. The van der Waals surface area contributed by atoms with Crippen molar-refractivity contribution in [3.8, 4) is 0 Å². The molecule has 0 spiro atoms. The van der Waals surface area contributed by atoms with E-state index in [0.29, 0.717) is 6.17 Å². The summed E-state index contributed by atoms with van der Waals surface area (Å²) in [5.74, 6) is 0. The minimum Gasteiger partial charge on any atom is -0.356 e. The first-order chi connectivity index (χ1) is 22.8. The van der Waals surface area contributed by atoms with E-state index in [0.717, 1.165) is 0 Å². The van der Waals surface area contributed by atoms with Crippen LogP contribution in [0.5, 0.6) is 0 Å². The van der Waals surface area contributed by atoms with E-state index < -0.39 is 0 Å². The Kier molecular flexibility index (Phi) is 33.6. The molecule has 0 saturated carbocycles. The quantitative estimate of drug-likeness (QED) is 0.0617. The second-order valence-corrected chi connectivity index (χ2v) is 15.4. The normalized spacial score (nSPS) is 14.7. The topological polar surface area (TPSA) is 6.48 Å². The molecule has 46 heavy (non-hydrogen) atoms. The maximum atomic E-state index is 2.72. The summed E-state index contributed by atoms with van der Waals surface area (Å²) in [6.45, 7) is 9.49. The van der Waals surface area contributed by atoms with Crippen LogP contribution in [0.2, 0.25) is 0 Å². The highest BCUT2D eigenvalue weighted by molar-refractivity contribution is 4.97. The molecule has 0 aromatic rings. The van der Waals surface area contributed by atoms with E-state index in [1.807, 2.05) is 0 Å². The highest BCUT2D eigenvalue weighted by Crippen LogP contribution is 2.24. The Balaban J connectivity index is 2.13. The molecule has 1 unspecified atom stereocenters. The van der Waals surface area contributed by atoms with Gasteiger partial charge in [-0.05, 0) is 25.7 Å². The average Bonchev–Trinajstić information content (AvgIpc) is 3.45. The highest BCUT2D eigenvalue weighted by Gasteiger charge is 2.24. The summed E-state index contributed by atoms with van der Waals surface area (Å²) >= 11 is 0. The SMILES string of the molecule is CCCCCCCCCCCCCCCCCCN1C=CN(CCCCCCCC)C1CCCCCCCCCCCCCCC. The molecule has 0 amide bonds. The zero-order valence-corrected chi connectivity index (χ0v) is 32.5. The molecule has 0 aromatic carbocycles. The minimum atomic E-state index is 0.639. The fraction of sp³-hybridized carbons (Fsp3) is 0.955. The first-order valence-electron chi connectivity index (χ1n) is 22.0. The van der Waals surface area contributed by atoms with Gasteiger partial charge in [0.2, 0.25) is 0 Å². The molecule has 0 aliphatic carbocycles. The Hall–Kier alpha value is -0.660. The summed E-state index contributed by atoms with van der Waals surface area (Å²) in [6, 6.07) is 0. The Morgan fingerprint density at radius 1 is 0.283 bits per heavy atom. The summed E-state index contributed by atoms with van der Waals surface area (Å²) < 4.78 is 0. The maximum absolute atomic E-state index is 2.72. The largest absolute Gasteiger partial charge is 0.356 e. The third kappa shape index (κ3) is 27.3. The predicted molar refractivity (Wildman–Crippen MR) is 210 cm³/mol. The van der Waals surface area contributed by atoms with Crippen LogP contribution in [0.1, 0.15) is 252 Å². The summed E-state index contributed by atoms with van der Waals surface area (Å²) in [5, 5.41) is 0. The summed E-state index contributed by atoms with van der Waals surface area (Å²) in [7, 11) is 0. The van der Waals surface area contributed by atoms with Gasteiger partial charge in [-0.2, -0.15) is 0 Å². The van der Waals surface area contributed by atoms with Crippen molar-refractivity contribution in [3.05, 3.63) is 12.4 Å². The van der Waals surface area contributed by atoms with Crippen molar-refractivity contribution in [3.63, 3.8) is 0 Å². The molecule has 0 saturated heterocycles. The monoisotopic (exact) mass is 645 g/mol. The Labute approximate surface area is 292 Å². The van der Waals surface area contributed by atoms with Crippen LogP contribution in [0.3, 0.4) is 0 Å². The molecule has 274 valence electrons. The van der Waals surface area contributed by atoms with Crippen LogP contribution < -0.4 is 0 Å². The van der Waals surface area contributed by atoms with Crippen molar-refractivity contribution < 1.29 is 0 Å². The van der Waals surface area contributed by atoms with Crippen LogP contribution in [-0.2, 0) is 0 Å². The van der Waals surface area contributed by atoms with E-state index in [4.69, 9.17) is 0 Å². The van der Waals surface area contributed by atoms with Crippen molar-refractivity contribution in [2.24, 2.45) is 0 Å². The van der Waals surface area contributed by atoms with Crippen molar-refractivity contribution >= 4 is 0 Å². The predicted octanol–water partition coefficient (Wildman–Crippen LogP) is 15.5. The lowest BCUT2D eigenvalue weighted by molar-refractivity contribution is 0.135. The number of rotatable bonds is 38. The lowest BCUT2D eigenvalue weighted by atomic mass is 10.0. The zero-order valence-electron chi connectivity index (χ0n) is 32.5. The second-order valence-electron chi connectivity index (χ2n) is 15.4. The van der Waals surface area contributed by atoms with Gasteiger partial charge in [-0.15, -0.1) is 0 Å². The number of nitrogens with zero attached hydrogens (tertiary/aromatic N) is 2. The zero-order chi connectivity index (χ0) is 33.0. The van der Waals surface area contributed by atoms with Crippen LogP contribution in [0, 0.1) is 0 Å². The summed E-state index contributed by atoms with van der Waals surface area (Å²) in [5.41, 5.74) is 0. The van der Waals surface area contributed by atoms with Gasteiger partial charge in [0.05, 0.1) is 0 Å². The van der Waals surface area contributed by atoms with E-state index in [-0.39, 0.29) is 0 Å². The van der Waals surface area contributed by atoms with E-state index in [2.05, 4.69) is 43.0 Å². The lowest BCUT2D eigenvalue weighted by Gasteiger charge is -2.33. The van der Waals surface area contributed by atoms with Crippen LogP contribution in [-0.4, -0.2) is 29.1 Å². The Bertz CT molecular complexity index is 601. The minimum absolute atomic E-state index is 0.639. The van der Waals surface area contributed by atoms with Gasteiger partial charge in [-0.3, -0.25) is 0 Å². The molecule has 0 N–H and O–H groups in total. The maximum Gasteiger partial charge on any atom is 0.101 e. The van der Waals surface area contributed by atoms with Crippen LogP contribution >= 0.6 is 0 Å². The van der Waals surface area contributed by atoms with Gasteiger partial charge >= 0.3 is 0 Å². The second kappa shape index (κ2) is 35.6. The molecule has 0 radical (unpaired) electrons. The number of hydrogen-bond donors (Lipinski definition) is 0. The van der Waals surface area contributed by atoms with Gasteiger partial charge < -0.3 is 9.80 Å². The fourth-order valence-electron chi connectivity index (χ4n) is 7.60. The molecule has 1 atom stereocenters. The first-order valence-corrected chi connectivity index (χ1v) is 22.0. The molecule has 0 fully saturated rings. The molecule has 1 aliphatic rings. The van der Waals surface area contributed by atoms with Crippen LogP contribution in [0.25, 0.3) is 0 Å². The third-order valence-corrected chi connectivity index (χ3v) is 10.8. The molecular weight excluding hydrogens is 556 g/mol. The molecule has 2 nitrogen and oxygen atoms in total. The molecule has 1 rings (SSSR count). The smallest absolute Gasteiger partial charge is 0.101 e. The summed E-state index contributed by atoms with van der Waals surface area (Å²) in [4.78, 5) is 5.44. The Morgan fingerprint density at radius 2 is 0.500 bits per heavy atom. The van der Waals surface area contributed by atoms with Gasteiger partial charge in [0, 0.05) is 25.5 Å². The fourth-order valence-corrected chi connectivity index (χ4v) is 7.60. The molecule has 0 bridgehead atoms. The first kappa shape index (κ1) is 43.4. The number of hydrogen-bond acceptors (Lipinski definition) is 2. The molecule has 0 aromatic heterocycles. The van der Waals surface area contributed by atoms with E-state index in [9.17, 15) is 0 Å². The average molecular weight is 645 g/mol. The summed E-state index contributed by atoms with van der Waals surface area (Å²) in [6.07, 6.45) is 57.4. The van der Waals surface area contributed by atoms with Crippen molar-refractivity contribution in [2.75, 3.05) is 13.1 Å². The Morgan fingerprint density at radius 3 is 0.761 bits per heavy atom. The van der Waals surface area contributed by atoms with E-state index in [1.165, 1.54) is 244 Å². The molecular formula is C44H88N2. The van der Waals surface area contributed by atoms with Gasteiger partial charge in [-0.1, -0.05) is 226 Å². The molecule has 1 aliphatic heterocycles. The van der Waals surface area contributed by atoms with Crippen molar-refractivity contribution in [2.45, 2.75) is 258 Å². The van der Waals surface area contributed by atoms with Crippen molar-refractivity contribution in [1.29, 1.82) is 0 Å². The van der Waals surface area contributed by atoms with Gasteiger partial charge in [0.25, 0.3) is 0 Å². The standard InChI is InChI=1S/C44H88N2/c1-4-7-10-13-16-18-20-22-23-24-26-28-30-32-35-38-41-46-43-42-45(40-37-34-15-12-9-6-3)44(46)39-36-33-31-29-27-25-21-19-17-14-11-8-5-2/h42-44H,4-41H2,1-3H3. The number of unbranched alkanes of at least 4 members (excludes halogenated alkanes) is 32. The van der Waals surface area contributed by atoms with Gasteiger partial charge in [-0.25, -0.2) is 0 Å². The third-order valence-electron chi connectivity index (χ3n) is 10.8. The van der Waals surface area contributed by atoms with Crippen molar-refractivity contribution in [1.82, 2.24) is 9.80 Å². The van der Waals surface area contributed by atoms with E-state index in [1.54, 1.807) is 0 Å². The highest BCUT2D eigenvalue weighted by atomic mass is 15.4. The lowest BCUT2D eigenvalue weighted by Crippen LogP contribution is -2.39. The van der Waals surface area contributed by atoms with Gasteiger partial charge in [0.15, 0.2) is 0 Å².